The maximum Gasteiger partial charge on any atom is 0.00480 e. The molecule has 7 atom stereocenters. The fourth-order valence-electron chi connectivity index (χ4n) is 6.27. The lowest BCUT2D eigenvalue weighted by molar-refractivity contribution is -0.0734. The number of thiol groups is 1. The molecule has 7 unspecified atom stereocenters. The second-order valence-electron chi connectivity index (χ2n) is 7.33. The molecule has 4 aliphatic rings. The summed E-state index contributed by atoms with van der Waals surface area (Å²) in [5.74, 6) is 6.58. The maximum absolute atomic E-state index is 4.93. The van der Waals surface area contributed by atoms with Crippen molar-refractivity contribution in [2.45, 2.75) is 63.0 Å². The van der Waals surface area contributed by atoms with Crippen LogP contribution in [0.1, 0.15) is 57.8 Å². The van der Waals surface area contributed by atoms with E-state index in [1.165, 1.54) is 25.7 Å². The largest absolute Gasteiger partial charge is 0.176 e. The van der Waals surface area contributed by atoms with Crippen molar-refractivity contribution in [2.75, 3.05) is 0 Å². The van der Waals surface area contributed by atoms with Crippen molar-refractivity contribution in [1.82, 2.24) is 0 Å². The van der Waals surface area contributed by atoms with Crippen LogP contribution in [0.25, 0.3) is 0 Å². The van der Waals surface area contributed by atoms with Gasteiger partial charge < -0.3 is 0 Å². The first-order valence-corrected chi connectivity index (χ1v) is 8.54. The van der Waals surface area contributed by atoms with Crippen molar-refractivity contribution in [2.24, 2.45) is 35.5 Å². The first-order chi connectivity index (χ1) is 8.34. The van der Waals surface area contributed by atoms with E-state index in [9.17, 15) is 0 Å². The Kier molecular flexibility index (Phi) is 2.76. The fourth-order valence-corrected chi connectivity index (χ4v) is 6.76. The third-order valence-electron chi connectivity index (χ3n) is 6.83. The second-order valence-corrected chi connectivity index (χ2v) is 7.99. The standard InChI is InChI=1S/C16H26S/c17-14-9-7-12-5-4-10-2-1-3-11-6-8-13(14)16(12)15(10)11/h10-17H,1-9H2. The Morgan fingerprint density at radius 1 is 0.588 bits per heavy atom. The Balaban J connectivity index is 1.68. The summed E-state index contributed by atoms with van der Waals surface area (Å²) >= 11 is 4.93. The van der Waals surface area contributed by atoms with Crippen molar-refractivity contribution in [3.05, 3.63) is 0 Å². The molecule has 4 fully saturated rings. The molecule has 0 heterocycles. The van der Waals surface area contributed by atoms with E-state index >= 15 is 0 Å². The molecule has 0 aromatic rings. The van der Waals surface area contributed by atoms with Crippen LogP contribution in [-0.2, 0) is 0 Å². The van der Waals surface area contributed by atoms with Gasteiger partial charge in [-0.15, -0.1) is 0 Å². The summed E-state index contributed by atoms with van der Waals surface area (Å²) in [6, 6.07) is 0. The van der Waals surface area contributed by atoms with Gasteiger partial charge in [-0.2, -0.15) is 12.6 Å². The van der Waals surface area contributed by atoms with Gasteiger partial charge in [0.05, 0.1) is 0 Å². The Hall–Kier alpha value is 0.350. The van der Waals surface area contributed by atoms with Gasteiger partial charge in [0.25, 0.3) is 0 Å². The molecular formula is C16H26S. The van der Waals surface area contributed by atoms with Gasteiger partial charge in [-0.1, -0.05) is 19.3 Å². The molecule has 0 bridgehead atoms. The highest BCUT2D eigenvalue weighted by Gasteiger charge is 2.52. The van der Waals surface area contributed by atoms with Crippen LogP contribution in [0.2, 0.25) is 0 Å². The minimum absolute atomic E-state index is 0.748. The quantitative estimate of drug-likeness (QED) is 0.599. The zero-order valence-electron chi connectivity index (χ0n) is 10.9. The lowest BCUT2D eigenvalue weighted by atomic mass is 9.48. The zero-order valence-corrected chi connectivity index (χ0v) is 11.7. The number of hydrogen-bond acceptors (Lipinski definition) is 1. The average Bonchev–Trinajstić information content (AvgIpc) is 2.38. The van der Waals surface area contributed by atoms with Crippen LogP contribution in [0, 0.1) is 35.5 Å². The van der Waals surface area contributed by atoms with E-state index in [2.05, 4.69) is 0 Å². The Bertz CT molecular complexity index is 294. The van der Waals surface area contributed by atoms with Gasteiger partial charge in [0.15, 0.2) is 0 Å². The van der Waals surface area contributed by atoms with Crippen LogP contribution in [0.5, 0.6) is 0 Å². The topological polar surface area (TPSA) is 0 Å². The fraction of sp³-hybridized carbons (Fsp3) is 1.00. The van der Waals surface area contributed by atoms with Crippen molar-refractivity contribution in [3.63, 3.8) is 0 Å². The monoisotopic (exact) mass is 250 g/mol. The molecule has 4 rings (SSSR count). The zero-order chi connectivity index (χ0) is 11.4. The van der Waals surface area contributed by atoms with Gasteiger partial charge in [-0.3, -0.25) is 0 Å². The highest BCUT2D eigenvalue weighted by molar-refractivity contribution is 7.81. The number of hydrogen-bond donors (Lipinski definition) is 1. The first-order valence-electron chi connectivity index (χ1n) is 8.02. The van der Waals surface area contributed by atoms with Crippen molar-refractivity contribution < 1.29 is 0 Å². The van der Waals surface area contributed by atoms with Crippen molar-refractivity contribution in [1.29, 1.82) is 0 Å². The van der Waals surface area contributed by atoms with Crippen LogP contribution in [0.15, 0.2) is 0 Å². The normalized spacial score (nSPS) is 57.4. The minimum Gasteiger partial charge on any atom is -0.176 e. The maximum atomic E-state index is 4.93. The van der Waals surface area contributed by atoms with Crippen LogP contribution in [-0.4, -0.2) is 5.25 Å². The molecule has 0 radical (unpaired) electrons. The predicted molar refractivity (Wildman–Crippen MR) is 75.3 cm³/mol. The molecule has 4 saturated carbocycles. The molecule has 0 aromatic carbocycles. The molecule has 1 heteroatoms. The van der Waals surface area contributed by atoms with E-state index in [0.29, 0.717) is 0 Å². The lowest BCUT2D eigenvalue weighted by Crippen LogP contribution is -2.52. The summed E-state index contributed by atoms with van der Waals surface area (Å²) in [5.41, 5.74) is 0. The van der Waals surface area contributed by atoms with E-state index < -0.39 is 0 Å². The molecule has 4 aliphatic carbocycles. The third-order valence-corrected chi connectivity index (χ3v) is 7.47. The Labute approximate surface area is 111 Å². The Morgan fingerprint density at radius 2 is 1.18 bits per heavy atom. The molecule has 0 aliphatic heterocycles. The van der Waals surface area contributed by atoms with E-state index in [1.54, 1.807) is 32.1 Å². The SMILES string of the molecule is SC1CCC2CCC3CCCC4CCC1C2C34. The van der Waals surface area contributed by atoms with Gasteiger partial charge in [0, 0.05) is 5.25 Å². The summed E-state index contributed by atoms with van der Waals surface area (Å²) in [7, 11) is 0. The summed E-state index contributed by atoms with van der Waals surface area (Å²) in [6.07, 6.45) is 13.8. The van der Waals surface area contributed by atoms with Crippen LogP contribution in [0.3, 0.4) is 0 Å². The molecule has 0 spiro atoms. The molecule has 0 N–H and O–H groups in total. The summed E-state index contributed by atoms with van der Waals surface area (Å²) < 4.78 is 0. The van der Waals surface area contributed by atoms with Gasteiger partial charge in [0.1, 0.15) is 0 Å². The molecular weight excluding hydrogens is 224 g/mol. The lowest BCUT2D eigenvalue weighted by Gasteiger charge is -2.58. The highest BCUT2D eigenvalue weighted by Crippen LogP contribution is 2.60. The van der Waals surface area contributed by atoms with E-state index in [-0.39, 0.29) is 0 Å². The summed E-state index contributed by atoms with van der Waals surface area (Å²) in [5, 5.41) is 0.748. The summed E-state index contributed by atoms with van der Waals surface area (Å²) in [6.45, 7) is 0. The van der Waals surface area contributed by atoms with Gasteiger partial charge in [-0.05, 0) is 74.0 Å². The second kappa shape index (κ2) is 4.18. The minimum atomic E-state index is 0.748. The van der Waals surface area contributed by atoms with E-state index in [0.717, 1.165) is 40.8 Å². The average molecular weight is 250 g/mol. The highest BCUT2D eigenvalue weighted by atomic mass is 32.1. The van der Waals surface area contributed by atoms with Crippen LogP contribution >= 0.6 is 12.6 Å². The smallest absolute Gasteiger partial charge is 0.00480 e. The van der Waals surface area contributed by atoms with Gasteiger partial charge in [0.2, 0.25) is 0 Å². The molecule has 0 amide bonds. The molecule has 0 nitrogen and oxygen atoms in total. The van der Waals surface area contributed by atoms with Crippen LogP contribution < -0.4 is 0 Å². The molecule has 17 heavy (non-hydrogen) atoms. The third kappa shape index (κ3) is 1.64. The van der Waals surface area contributed by atoms with Gasteiger partial charge in [-0.25, -0.2) is 0 Å². The van der Waals surface area contributed by atoms with Crippen LogP contribution in [0.4, 0.5) is 0 Å². The molecule has 96 valence electrons. The Morgan fingerprint density at radius 3 is 1.94 bits per heavy atom. The molecule has 0 aromatic heterocycles. The predicted octanol–water partition coefficient (Wildman–Crippen LogP) is 4.55. The van der Waals surface area contributed by atoms with Crippen molar-refractivity contribution >= 4 is 12.6 Å². The first kappa shape index (κ1) is 11.2. The summed E-state index contributed by atoms with van der Waals surface area (Å²) in [4.78, 5) is 0. The number of rotatable bonds is 0. The van der Waals surface area contributed by atoms with Gasteiger partial charge >= 0.3 is 0 Å². The van der Waals surface area contributed by atoms with Crippen molar-refractivity contribution in [3.8, 4) is 0 Å². The van der Waals surface area contributed by atoms with E-state index in [4.69, 9.17) is 12.6 Å². The molecule has 0 saturated heterocycles. The van der Waals surface area contributed by atoms with E-state index in [1.807, 2.05) is 0 Å².